The van der Waals surface area contributed by atoms with Crippen LogP contribution in [0.4, 0.5) is 0 Å². The summed E-state index contributed by atoms with van der Waals surface area (Å²) in [6, 6.07) is 0.108. The van der Waals surface area contributed by atoms with Crippen LogP contribution in [0.5, 0.6) is 0 Å². The highest BCUT2D eigenvalue weighted by atomic mass is 14.7. The van der Waals surface area contributed by atoms with Gasteiger partial charge < -0.3 is 11.5 Å². The predicted octanol–water partition coefficient (Wildman–Crippen LogP) is 1.39. The number of hydrogen-bond acceptors (Lipinski definition) is 2. The molecule has 0 aliphatic heterocycles. The molecule has 5 N–H and O–H groups in total. The van der Waals surface area contributed by atoms with Crippen LogP contribution in [-0.4, -0.2) is 11.9 Å². The molecule has 0 aromatic rings. The average molecular weight is 169 g/mol. The van der Waals surface area contributed by atoms with Gasteiger partial charge in [0.05, 0.1) is 5.84 Å². The predicted molar refractivity (Wildman–Crippen MR) is 53.2 cm³/mol. The standard InChI is InChI=1S/C9H19N3/c1-7(2)8(10)5-3-4-6-9(11)12/h8H,1,3-6,10H2,2H3,(H3,11,12). The molecule has 70 valence electrons. The van der Waals surface area contributed by atoms with Crippen molar-refractivity contribution in [2.24, 2.45) is 11.5 Å². The first-order chi connectivity index (χ1) is 5.54. The number of nitrogens with two attached hydrogens (primary N) is 2. The van der Waals surface area contributed by atoms with E-state index < -0.39 is 0 Å². The molecule has 0 rings (SSSR count). The van der Waals surface area contributed by atoms with Crippen LogP contribution in [0, 0.1) is 5.41 Å². The van der Waals surface area contributed by atoms with Gasteiger partial charge in [-0.25, -0.2) is 0 Å². The fourth-order valence-corrected chi connectivity index (χ4v) is 0.926. The van der Waals surface area contributed by atoms with Gasteiger partial charge in [0.15, 0.2) is 0 Å². The quantitative estimate of drug-likeness (QED) is 0.243. The normalized spacial score (nSPS) is 12.5. The molecular weight excluding hydrogens is 150 g/mol. The number of nitrogens with one attached hydrogen (secondary N) is 1. The summed E-state index contributed by atoms with van der Waals surface area (Å²) in [5.74, 6) is 0.263. The zero-order valence-electron chi connectivity index (χ0n) is 7.77. The molecule has 0 amide bonds. The first-order valence-corrected chi connectivity index (χ1v) is 4.28. The first kappa shape index (κ1) is 11.2. The fourth-order valence-electron chi connectivity index (χ4n) is 0.926. The highest BCUT2D eigenvalue weighted by molar-refractivity contribution is 5.76. The van der Waals surface area contributed by atoms with Crippen LogP contribution in [0.2, 0.25) is 0 Å². The second-order valence-electron chi connectivity index (χ2n) is 3.22. The molecular formula is C9H19N3. The van der Waals surface area contributed by atoms with E-state index in [0.29, 0.717) is 6.42 Å². The Hall–Kier alpha value is -0.830. The van der Waals surface area contributed by atoms with Gasteiger partial charge in [-0.1, -0.05) is 18.6 Å². The van der Waals surface area contributed by atoms with E-state index in [9.17, 15) is 0 Å². The lowest BCUT2D eigenvalue weighted by atomic mass is 10.0. The Bertz CT molecular complexity index is 163. The largest absolute Gasteiger partial charge is 0.388 e. The summed E-state index contributed by atoms with van der Waals surface area (Å²) in [5, 5.41) is 6.99. The smallest absolute Gasteiger partial charge is 0.0905 e. The lowest BCUT2D eigenvalue weighted by Crippen LogP contribution is -2.20. The van der Waals surface area contributed by atoms with Gasteiger partial charge in [0.2, 0.25) is 0 Å². The van der Waals surface area contributed by atoms with Crippen molar-refractivity contribution in [1.82, 2.24) is 0 Å². The molecule has 0 saturated carbocycles. The van der Waals surface area contributed by atoms with E-state index in [0.717, 1.165) is 24.8 Å². The van der Waals surface area contributed by atoms with E-state index in [2.05, 4.69) is 6.58 Å². The SMILES string of the molecule is C=C(C)C(N)CCCCC(=N)N. The monoisotopic (exact) mass is 169 g/mol. The summed E-state index contributed by atoms with van der Waals surface area (Å²) >= 11 is 0. The number of rotatable bonds is 6. The minimum absolute atomic E-state index is 0.108. The van der Waals surface area contributed by atoms with E-state index >= 15 is 0 Å². The second kappa shape index (κ2) is 5.77. The summed E-state index contributed by atoms with van der Waals surface area (Å²) < 4.78 is 0. The maximum atomic E-state index is 6.99. The molecule has 3 nitrogen and oxygen atoms in total. The zero-order valence-corrected chi connectivity index (χ0v) is 7.77. The van der Waals surface area contributed by atoms with E-state index in [1.54, 1.807) is 0 Å². The van der Waals surface area contributed by atoms with E-state index in [4.69, 9.17) is 16.9 Å². The van der Waals surface area contributed by atoms with Gasteiger partial charge in [-0.3, -0.25) is 5.41 Å². The Kier molecular flexibility index (Phi) is 5.37. The maximum absolute atomic E-state index is 6.99. The van der Waals surface area contributed by atoms with Gasteiger partial charge in [0.25, 0.3) is 0 Å². The van der Waals surface area contributed by atoms with E-state index in [-0.39, 0.29) is 11.9 Å². The van der Waals surface area contributed by atoms with Crippen LogP contribution in [0.3, 0.4) is 0 Å². The molecule has 0 spiro atoms. The van der Waals surface area contributed by atoms with Gasteiger partial charge >= 0.3 is 0 Å². The van der Waals surface area contributed by atoms with Crippen molar-refractivity contribution in [3.63, 3.8) is 0 Å². The molecule has 0 aliphatic carbocycles. The highest BCUT2D eigenvalue weighted by Gasteiger charge is 2.01. The van der Waals surface area contributed by atoms with Crippen LogP contribution in [0.1, 0.15) is 32.6 Å². The van der Waals surface area contributed by atoms with Crippen molar-refractivity contribution in [3.8, 4) is 0 Å². The van der Waals surface area contributed by atoms with Crippen molar-refractivity contribution in [2.75, 3.05) is 0 Å². The van der Waals surface area contributed by atoms with E-state index in [1.807, 2.05) is 6.92 Å². The molecule has 0 aromatic heterocycles. The van der Waals surface area contributed by atoms with Crippen LogP contribution in [0.25, 0.3) is 0 Å². The number of unbranched alkanes of at least 4 members (excludes halogenated alkanes) is 1. The third-order valence-corrected chi connectivity index (χ3v) is 1.84. The van der Waals surface area contributed by atoms with Crippen LogP contribution in [0.15, 0.2) is 12.2 Å². The molecule has 0 saturated heterocycles. The highest BCUT2D eigenvalue weighted by Crippen LogP contribution is 2.06. The van der Waals surface area contributed by atoms with Crippen LogP contribution >= 0.6 is 0 Å². The average Bonchev–Trinajstić information content (AvgIpc) is 1.97. The molecule has 1 atom stereocenters. The summed E-state index contributed by atoms with van der Waals surface area (Å²) in [5.41, 5.74) is 12.0. The van der Waals surface area contributed by atoms with Crippen molar-refractivity contribution in [3.05, 3.63) is 12.2 Å². The summed E-state index contributed by atoms with van der Waals surface area (Å²) in [6.07, 6.45) is 3.61. The third-order valence-electron chi connectivity index (χ3n) is 1.84. The molecule has 0 aromatic carbocycles. The van der Waals surface area contributed by atoms with E-state index in [1.165, 1.54) is 0 Å². The number of hydrogen-bond donors (Lipinski definition) is 3. The summed E-state index contributed by atoms with van der Waals surface area (Å²) in [4.78, 5) is 0. The molecule has 0 bridgehead atoms. The number of amidine groups is 1. The summed E-state index contributed by atoms with van der Waals surface area (Å²) in [7, 11) is 0. The molecule has 0 radical (unpaired) electrons. The van der Waals surface area contributed by atoms with Gasteiger partial charge in [-0.15, -0.1) is 0 Å². The van der Waals surface area contributed by atoms with Gasteiger partial charge in [0.1, 0.15) is 0 Å². The van der Waals surface area contributed by atoms with Crippen molar-refractivity contribution >= 4 is 5.84 Å². The lowest BCUT2D eigenvalue weighted by Gasteiger charge is -2.09. The minimum atomic E-state index is 0.108. The third kappa shape index (κ3) is 5.92. The van der Waals surface area contributed by atoms with Crippen LogP contribution < -0.4 is 11.5 Å². The van der Waals surface area contributed by atoms with Gasteiger partial charge in [-0.05, 0) is 19.8 Å². The Morgan fingerprint density at radius 1 is 1.50 bits per heavy atom. The fraction of sp³-hybridized carbons (Fsp3) is 0.667. The van der Waals surface area contributed by atoms with Crippen molar-refractivity contribution in [2.45, 2.75) is 38.6 Å². The maximum Gasteiger partial charge on any atom is 0.0905 e. The Labute approximate surface area is 74.3 Å². The molecule has 3 heteroatoms. The van der Waals surface area contributed by atoms with Crippen LogP contribution in [-0.2, 0) is 0 Å². The van der Waals surface area contributed by atoms with Crippen molar-refractivity contribution in [1.29, 1.82) is 5.41 Å². The van der Waals surface area contributed by atoms with Gasteiger partial charge in [-0.2, -0.15) is 0 Å². The minimum Gasteiger partial charge on any atom is -0.388 e. The zero-order chi connectivity index (χ0) is 9.56. The Balaban J connectivity index is 3.31. The molecule has 1 unspecified atom stereocenters. The second-order valence-corrected chi connectivity index (χ2v) is 3.22. The lowest BCUT2D eigenvalue weighted by molar-refractivity contribution is 0.622. The molecule has 12 heavy (non-hydrogen) atoms. The Morgan fingerprint density at radius 2 is 2.08 bits per heavy atom. The topological polar surface area (TPSA) is 75.9 Å². The Morgan fingerprint density at radius 3 is 2.50 bits per heavy atom. The van der Waals surface area contributed by atoms with Crippen molar-refractivity contribution < 1.29 is 0 Å². The summed E-state index contributed by atoms with van der Waals surface area (Å²) in [6.45, 7) is 5.72. The molecule has 0 fully saturated rings. The first-order valence-electron chi connectivity index (χ1n) is 4.28. The molecule has 0 heterocycles. The molecule has 0 aliphatic rings. The van der Waals surface area contributed by atoms with Gasteiger partial charge in [0, 0.05) is 12.5 Å².